The molecule has 0 radical (unpaired) electrons. The van der Waals surface area contributed by atoms with Gasteiger partial charge in [-0.15, -0.1) is 0 Å². The third-order valence-electron chi connectivity index (χ3n) is 4.24. The first kappa shape index (κ1) is 14.2. The Morgan fingerprint density at radius 3 is 2.39 bits per heavy atom. The molecule has 0 saturated heterocycles. The predicted molar refractivity (Wildman–Crippen MR) is 97.0 cm³/mol. The number of benzene rings is 3. The highest BCUT2D eigenvalue weighted by atomic mass is 32.2. The summed E-state index contributed by atoms with van der Waals surface area (Å²) >= 11 is 1.78. The SMILES string of the molecule is CN1c2cc(-c3ccccc3)ccc2SC1c1ccccc1O. The fraction of sp³-hybridized carbons (Fsp3) is 0.100. The van der Waals surface area contributed by atoms with E-state index >= 15 is 0 Å². The minimum absolute atomic E-state index is 0.109. The van der Waals surface area contributed by atoms with Crippen molar-refractivity contribution in [1.82, 2.24) is 0 Å². The normalized spacial score (nSPS) is 16.4. The van der Waals surface area contributed by atoms with E-state index in [0.717, 1.165) is 5.56 Å². The van der Waals surface area contributed by atoms with Crippen LogP contribution in [-0.4, -0.2) is 12.2 Å². The Hall–Kier alpha value is -2.39. The Kier molecular flexibility index (Phi) is 3.50. The Labute approximate surface area is 140 Å². The lowest BCUT2D eigenvalue weighted by atomic mass is 10.0. The van der Waals surface area contributed by atoms with Crippen LogP contribution in [0.5, 0.6) is 5.75 Å². The van der Waals surface area contributed by atoms with Gasteiger partial charge < -0.3 is 10.0 Å². The quantitative estimate of drug-likeness (QED) is 0.693. The number of rotatable bonds is 2. The molecule has 3 aromatic rings. The molecule has 1 aliphatic rings. The number of phenolic OH excluding ortho intramolecular Hbond substituents is 1. The molecule has 114 valence electrons. The van der Waals surface area contributed by atoms with Gasteiger partial charge in [0, 0.05) is 17.5 Å². The van der Waals surface area contributed by atoms with Crippen LogP contribution in [0.25, 0.3) is 11.1 Å². The summed E-state index contributed by atoms with van der Waals surface area (Å²) in [5.41, 5.74) is 4.61. The second-order valence-electron chi connectivity index (χ2n) is 5.69. The fourth-order valence-electron chi connectivity index (χ4n) is 3.00. The molecule has 2 nitrogen and oxygen atoms in total. The summed E-state index contributed by atoms with van der Waals surface area (Å²) < 4.78 is 0. The lowest BCUT2D eigenvalue weighted by Gasteiger charge is -2.22. The van der Waals surface area contributed by atoms with Crippen molar-refractivity contribution in [1.29, 1.82) is 0 Å². The molecule has 1 heterocycles. The summed E-state index contributed by atoms with van der Waals surface area (Å²) in [5.74, 6) is 0.355. The highest BCUT2D eigenvalue weighted by Gasteiger charge is 2.30. The Bertz CT molecular complexity index is 847. The fourth-order valence-corrected chi connectivity index (χ4v) is 4.31. The molecular formula is C20H17NOS. The standard InChI is InChI=1S/C20H17NOS/c1-21-17-13-15(14-7-3-2-4-8-14)11-12-19(17)23-20(21)16-9-5-6-10-18(16)22/h2-13,20,22H,1H3. The Morgan fingerprint density at radius 1 is 0.870 bits per heavy atom. The monoisotopic (exact) mass is 319 g/mol. The Morgan fingerprint density at radius 2 is 1.61 bits per heavy atom. The van der Waals surface area contributed by atoms with E-state index in [1.54, 1.807) is 17.8 Å². The largest absolute Gasteiger partial charge is 0.508 e. The molecule has 0 aromatic heterocycles. The zero-order chi connectivity index (χ0) is 15.8. The summed E-state index contributed by atoms with van der Waals surface area (Å²) in [5, 5.41) is 10.3. The number of fused-ring (bicyclic) bond motifs is 1. The number of anilines is 1. The summed E-state index contributed by atoms with van der Waals surface area (Å²) in [6.45, 7) is 0. The zero-order valence-electron chi connectivity index (χ0n) is 12.8. The van der Waals surface area contributed by atoms with Gasteiger partial charge in [0.15, 0.2) is 0 Å². The van der Waals surface area contributed by atoms with Gasteiger partial charge in [0.25, 0.3) is 0 Å². The van der Waals surface area contributed by atoms with E-state index in [1.165, 1.54) is 21.7 Å². The molecule has 1 aliphatic heterocycles. The van der Waals surface area contributed by atoms with E-state index in [9.17, 15) is 5.11 Å². The van der Waals surface area contributed by atoms with Crippen LogP contribution in [0.4, 0.5) is 5.69 Å². The molecular weight excluding hydrogens is 302 g/mol. The molecule has 3 aromatic carbocycles. The van der Waals surface area contributed by atoms with Gasteiger partial charge >= 0.3 is 0 Å². The molecule has 0 saturated carbocycles. The summed E-state index contributed by atoms with van der Waals surface area (Å²) in [7, 11) is 2.09. The molecule has 0 amide bonds. The maximum Gasteiger partial charge on any atom is 0.121 e. The van der Waals surface area contributed by atoms with Gasteiger partial charge in [0.2, 0.25) is 0 Å². The van der Waals surface area contributed by atoms with E-state index in [-0.39, 0.29) is 5.37 Å². The molecule has 0 spiro atoms. The first-order valence-electron chi connectivity index (χ1n) is 7.61. The molecule has 1 atom stereocenters. The highest BCUT2D eigenvalue weighted by Crippen LogP contribution is 2.52. The van der Waals surface area contributed by atoms with Crippen molar-refractivity contribution in [2.24, 2.45) is 0 Å². The number of nitrogens with zero attached hydrogens (tertiary/aromatic N) is 1. The number of hydrogen-bond acceptors (Lipinski definition) is 3. The second-order valence-corrected chi connectivity index (χ2v) is 6.81. The van der Waals surface area contributed by atoms with Crippen molar-refractivity contribution < 1.29 is 5.11 Å². The third-order valence-corrected chi connectivity index (χ3v) is 5.63. The smallest absolute Gasteiger partial charge is 0.121 e. The number of aromatic hydroxyl groups is 1. The summed E-state index contributed by atoms with van der Waals surface area (Å²) in [4.78, 5) is 3.49. The highest BCUT2D eigenvalue weighted by molar-refractivity contribution is 8.00. The van der Waals surface area contributed by atoms with Gasteiger partial charge in [-0.25, -0.2) is 0 Å². The molecule has 3 heteroatoms. The molecule has 0 bridgehead atoms. The molecule has 0 aliphatic carbocycles. The topological polar surface area (TPSA) is 23.5 Å². The van der Waals surface area contributed by atoms with Gasteiger partial charge in [0.1, 0.15) is 11.1 Å². The van der Waals surface area contributed by atoms with Crippen molar-refractivity contribution in [3.8, 4) is 16.9 Å². The average molecular weight is 319 g/mol. The molecule has 1 unspecified atom stereocenters. The van der Waals surface area contributed by atoms with E-state index in [2.05, 4.69) is 54.4 Å². The van der Waals surface area contributed by atoms with Crippen molar-refractivity contribution >= 4 is 17.4 Å². The average Bonchev–Trinajstić information content (AvgIpc) is 2.92. The second kappa shape index (κ2) is 5.67. The van der Waals surface area contributed by atoms with E-state index < -0.39 is 0 Å². The lowest BCUT2D eigenvalue weighted by molar-refractivity contribution is 0.467. The molecule has 4 rings (SSSR count). The van der Waals surface area contributed by atoms with Crippen LogP contribution in [0.2, 0.25) is 0 Å². The van der Waals surface area contributed by atoms with Gasteiger partial charge in [-0.2, -0.15) is 0 Å². The van der Waals surface area contributed by atoms with Crippen LogP contribution >= 0.6 is 11.8 Å². The van der Waals surface area contributed by atoms with Crippen molar-refractivity contribution in [3.05, 3.63) is 78.4 Å². The maximum atomic E-state index is 10.2. The molecule has 0 fully saturated rings. The van der Waals surface area contributed by atoms with Crippen LogP contribution < -0.4 is 4.90 Å². The molecule has 23 heavy (non-hydrogen) atoms. The van der Waals surface area contributed by atoms with E-state index in [0.29, 0.717) is 5.75 Å². The minimum Gasteiger partial charge on any atom is -0.508 e. The minimum atomic E-state index is 0.109. The van der Waals surface area contributed by atoms with Crippen LogP contribution in [0.3, 0.4) is 0 Å². The first-order valence-corrected chi connectivity index (χ1v) is 8.49. The van der Waals surface area contributed by atoms with Gasteiger partial charge in [-0.1, -0.05) is 66.4 Å². The van der Waals surface area contributed by atoms with Crippen molar-refractivity contribution in [2.75, 3.05) is 11.9 Å². The van der Waals surface area contributed by atoms with Crippen molar-refractivity contribution in [3.63, 3.8) is 0 Å². The number of phenols is 1. The van der Waals surface area contributed by atoms with E-state index in [1.807, 2.05) is 24.3 Å². The van der Waals surface area contributed by atoms with Gasteiger partial charge in [0.05, 0.1) is 5.69 Å². The van der Waals surface area contributed by atoms with Crippen LogP contribution in [0.15, 0.2) is 77.7 Å². The number of para-hydroxylation sites is 1. The first-order chi connectivity index (χ1) is 11.2. The van der Waals surface area contributed by atoms with Crippen LogP contribution in [-0.2, 0) is 0 Å². The molecule has 1 N–H and O–H groups in total. The maximum absolute atomic E-state index is 10.2. The zero-order valence-corrected chi connectivity index (χ0v) is 13.6. The van der Waals surface area contributed by atoms with Gasteiger partial charge in [-0.05, 0) is 29.3 Å². The van der Waals surface area contributed by atoms with E-state index in [4.69, 9.17) is 0 Å². The predicted octanol–water partition coefficient (Wildman–Crippen LogP) is 5.30. The summed E-state index contributed by atoms with van der Waals surface area (Å²) in [6.07, 6.45) is 0. The van der Waals surface area contributed by atoms with Crippen LogP contribution in [0.1, 0.15) is 10.9 Å². The lowest BCUT2D eigenvalue weighted by Crippen LogP contribution is -2.17. The number of hydrogen-bond donors (Lipinski definition) is 1. The summed E-state index contributed by atoms with van der Waals surface area (Å²) in [6, 6.07) is 24.6. The van der Waals surface area contributed by atoms with Crippen LogP contribution in [0, 0.1) is 0 Å². The van der Waals surface area contributed by atoms with Crippen molar-refractivity contribution in [2.45, 2.75) is 10.3 Å². The third kappa shape index (κ3) is 2.47. The van der Waals surface area contributed by atoms with Gasteiger partial charge in [-0.3, -0.25) is 0 Å². The number of thioether (sulfide) groups is 1. The Balaban J connectivity index is 1.72.